The van der Waals surface area contributed by atoms with Crippen molar-refractivity contribution in [2.24, 2.45) is 0 Å². The Bertz CT molecular complexity index is 595. The summed E-state index contributed by atoms with van der Waals surface area (Å²) in [6, 6.07) is 7.68. The molecule has 0 aliphatic rings. The molecule has 6 heteroatoms. The maximum Gasteiger partial charge on any atom is 0.303 e. The van der Waals surface area contributed by atoms with Gasteiger partial charge in [-0.1, -0.05) is 18.2 Å². The Labute approximate surface area is 122 Å². The highest BCUT2D eigenvalue weighted by Crippen LogP contribution is 2.20. The van der Waals surface area contributed by atoms with Gasteiger partial charge in [-0.3, -0.25) is 4.79 Å². The van der Waals surface area contributed by atoms with Crippen molar-refractivity contribution >= 4 is 5.97 Å². The average Bonchev–Trinajstić information content (AvgIpc) is 2.91. The highest BCUT2D eigenvalue weighted by Gasteiger charge is 2.10. The summed E-state index contributed by atoms with van der Waals surface area (Å²) in [5, 5.41) is 16.6. The van der Waals surface area contributed by atoms with Crippen LogP contribution in [0.25, 0.3) is 0 Å². The second-order valence-electron chi connectivity index (χ2n) is 4.68. The lowest BCUT2D eigenvalue weighted by Crippen LogP contribution is -1.95. The fourth-order valence-electron chi connectivity index (χ4n) is 2.03. The monoisotopic (exact) mass is 290 g/mol. The molecule has 1 heterocycles. The number of carboxylic acid groups (broad SMARTS) is 1. The summed E-state index contributed by atoms with van der Waals surface area (Å²) in [4.78, 5) is 10.4. The van der Waals surface area contributed by atoms with E-state index in [0.717, 1.165) is 17.7 Å². The van der Waals surface area contributed by atoms with Gasteiger partial charge in [0.2, 0.25) is 11.8 Å². The number of methoxy groups -OCH3 is 1. The van der Waals surface area contributed by atoms with E-state index in [1.165, 1.54) is 0 Å². The minimum absolute atomic E-state index is 0.169. The van der Waals surface area contributed by atoms with Gasteiger partial charge >= 0.3 is 5.97 Å². The SMILES string of the molecule is COc1ccccc1Cc1nnc(CCCCC(=O)O)o1. The summed E-state index contributed by atoms with van der Waals surface area (Å²) in [7, 11) is 1.63. The van der Waals surface area contributed by atoms with E-state index in [2.05, 4.69) is 10.2 Å². The number of aromatic nitrogens is 2. The normalized spacial score (nSPS) is 10.5. The number of hydrogen-bond donors (Lipinski definition) is 1. The number of aryl methyl sites for hydroxylation is 1. The van der Waals surface area contributed by atoms with E-state index < -0.39 is 5.97 Å². The van der Waals surface area contributed by atoms with Crippen molar-refractivity contribution in [2.45, 2.75) is 32.1 Å². The second-order valence-corrected chi connectivity index (χ2v) is 4.68. The molecule has 21 heavy (non-hydrogen) atoms. The predicted molar refractivity (Wildman–Crippen MR) is 75.3 cm³/mol. The molecule has 0 aliphatic heterocycles. The molecule has 1 aromatic heterocycles. The zero-order chi connectivity index (χ0) is 15.1. The Balaban J connectivity index is 1.89. The van der Waals surface area contributed by atoms with Crippen LogP contribution < -0.4 is 4.74 Å². The van der Waals surface area contributed by atoms with Gasteiger partial charge in [-0.05, 0) is 18.9 Å². The molecule has 0 bridgehead atoms. The number of carboxylic acids is 1. The van der Waals surface area contributed by atoms with Gasteiger partial charge in [-0.2, -0.15) is 0 Å². The molecule has 0 saturated carbocycles. The van der Waals surface area contributed by atoms with Crippen molar-refractivity contribution in [3.63, 3.8) is 0 Å². The van der Waals surface area contributed by atoms with Crippen molar-refractivity contribution in [2.75, 3.05) is 7.11 Å². The number of nitrogens with zero attached hydrogens (tertiary/aromatic N) is 2. The lowest BCUT2D eigenvalue weighted by atomic mass is 10.1. The Morgan fingerprint density at radius 3 is 2.76 bits per heavy atom. The smallest absolute Gasteiger partial charge is 0.303 e. The Morgan fingerprint density at radius 1 is 1.24 bits per heavy atom. The van der Waals surface area contributed by atoms with Crippen LogP contribution in [-0.4, -0.2) is 28.4 Å². The molecule has 0 unspecified atom stereocenters. The van der Waals surface area contributed by atoms with Gasteiger partial charge in [-0.15, -0.1) is 10.2 Å². The summed E-state index contributed by atoms with van der Waals surface area (Å²) in [5.41, 5.74) is 0.987. The number of benzene rings is 1. The Kier molecular flexibility index (Phi) is 5.31. The van der Waals surface area contributed by atoms with Gasteiger partial charge in [0.25, 0.3) is 0 Å². The number of ether oxygens (including phenoxy) is 1. The van der Waals surface area contributed by atoms with E-state index in [1.807, 2.05) is 24.3 Å². The zero-order valence-corrected chi connectivity index (χ0v) is 11.9. The maximum atomic E-state index is 10.4. The zero-order valence-electron chi connectivity index (χ0n) is 11.9. The maximum absolute atomic E-state index is 10.4. The van der Waals surface area contributed by atoms with Gasteiger partial charge < -0.3 is 14.3 Å². The third kappa shape index (κ3) is 4.59. The summed E-state index contributed by atoms with van der Waals surface area (Å²) in [5.74, 6) is 1.09. The summed E-state index contributed by atoms with van der Waals surface area (Å²) in [6.07, 6.45) is 2.63. The van der Waals surface area contributed by atoms with Crippen LogP contribution in [0.3, 0.4) is 0 Å². The number of hydrogen-bond acceptors (Lipinski definition) is 5. The van der Waals surface area contributed by atoms with E-state index in [0.29, 0.717) is 31.0 Å². The fourth-order valence-corrected chi connectivity index (χ4v) is 2.03. The molecule has 0 amide bonds. The third-order valence-corrected chi connectivity index (χ3v) is 3.07. The molecule has 112 valence electrons. The van der Waals surface area contributed by atoms with E-state index in [9.17, 15) is 4.79 Å². The summed E-state index contributed by atoms with van der Waals surface area (Å²) < 4.78 is 10.8. The average molecular weight is 290 g/mol. The molecule has 0 radical (unpaired) electrons. The van der Waals surface area contributed by atoms with Crippen LogP contribution in [0, 0.1) is 0 Å². The van der Waals surface area contributed by atoms with Crippen molar-refractivity contribution in [1.82, 2.24) is 10.2 Å². The summed E-state index contributed by atoms with van der Waals surface area (Å²) >= 11 is 0. The number of unbranched alkanes of at least 4 members (excludes halogenated alkanes) is 1. The third-order valence-electron chi connectivity index (χ3n) is 3.07. The van der Waals surface area contributed by atoms with E-state index in [1.54, 1.807) is 7.11 Å². The number of aliphatic carboxylic acids is 1. The van der Waals surface area contributed by atoms with Crippen LogP contribution >= 0.6 is 0 Å². The first-order chi connectivity index (χ1) is 10.2. The minimum atomic E-state index is -0.780. The number of rotatable bonds is 8. The van der Waals surface area contributed by atoms with E-state index in [-0.39, 0.29) is 6.42 Å². The predicted octanol–water partition coefficient (Wildman–Crippen LogP) is 2.47. The second kappa shape index (κ2) is 7.42. The molecule has 0 spiro atoms. The molecule has 2 rings (SSSR count). The topological polar surface area (TPSA) is 85.5 Å². The molecule has 1 aromatic carbocycles. The molecular formula is C15H18N2O4. The van der Waals surface area contributed by atoms with Crippen LogP contribution in [-0.2, 0) is 17.6 Å². The molecule has 0 fully saturated rings. The van der Waals surface area contributed by atoms with Gasteiger partial charge in [0.15, 0.2) is 0 Å². The Morgan fingerprint density at radius 2 is 2.00 bits per heavy atom. The van der Waals surface area contributed by atoms with Crippen LogP contribution in [0.5, 0.6) is 5.75 Å². The Hall–Kier alpha value is -2.37. The molecule has 0 saturated heterocycles. The fraction of sp³-hybridized carbons (Fsp3) is 0.400. The van der Waals surface area contributed by atoms with Crippen molar-refractivity contribution in [3.8, 4) is 5.75 Å². The van der Waals surface area contributed by atoms with Crippen molar-refractivity contribution in [1.29, 1.82) is 0 Å². The minimum Gasteiger partial charge on any atom is -0.496 e. The van der Waals surface area contributed by atoms with Gasteiger partial charge in [0.1, 0.15) is 5.75 Å². The van der Waals surface area contributed by atoms with E-state index >= 15 is 0 Å². The van der Waals surface area contributed by atoms with Gasteiger partial charge in [-0.25, -0.2) is 0 Å². The highest BCUT2D eigenvalue weighted by atomic mass is 16.5. The quantitative estimate of drug-likeness (QED) is 0.752. The molecule has 6 nitrogen and oxygen atoms in total. The van der Waals surface area contributed by atoms with Gasteiger partial charge in [0.05, 0.1) is 13.5 Å². The van der Waals surface area contributed by atoms with Crippen LogP contribution in [0.1, 0.15) is 36.6 Å². The molecule has 0 atom stereocenters. The van der Waals surface area contributed by atoms with E-state index in [4.69, 9.17) is 14.3 Å². The highest BCUT2D eigenvalue weighted by molar-refractivity contribution is 5.66. The molecular weight excluding hydrogens is 272 g/mol. The number of carbonyl (C=O) groups is 1. The first kappa shape index (κ1) is 15.0. The first-order valence-electron chi connectivity index (χ1n) is 6.84. The molecule has 1 N–H and O–H groups in total. The van der Waals surface area contributed by atoms with Crippen LogP contribution in [0.4, 0.5) is 0 Å². The van der Waals surface area contributed by atoms with Crippen LogP contribution in [0.2, 0.25) is 0 Å². The largest absolute Gasteiger partial charge is 0.496 e. The standard InChI is InChI=1S/C15H18N2O4/c1-20-12-7-3-2-6-11(12)10-14-17-16-13(21-14)8-4-5-9-15(18)19/h2-3,6-7H,4-5,8-10H2,1H3,(H,18,19). The number of para-hydroxylation sites is 1. The summed E-state index contributed by atoms with van der Waals surface area (Å²) in [6.45, 7) is 0. The van der Waals surface area contributed by atoms with Crippen molar-refractivity contribution < 1.29 is 19.1 Å². The van der Waals surface area contributed by atoms with Crippen molar-refractivity contribution in [3.05, 3.63) is 41.6 Å². The van der Waals surface area contributed by atoms with Gasteiger partial charge in [0, 0.05) is 18.4 Å². The molecule has 2 aromatic rings. The lowest BCUT2D eigenvalue weighted by molar-refractivity contribution is -0.137. The van der Waals surface area contributed by atoms with Crippen LogP contribution in [0.15, 0.2) is 28.7 Å². The first-order valence-corrected chi connectivity index (χ1v) is 6.84. The molecule has 0 aliphatic carbocycles. The lowest BCUT2D eigenvalue weighted by Gasteiger charge is -2.05.